The standard InChI is InChI=1S/C25H21FN2O4/c1-15-12-19(32-2)9-10-20(15)23(29)21-22(17-5-7-18(26)8-6-17)28(25(31)24(21)30)14-16-4-3-11-27-13-16/h3-13,21-22H,14H2,1-2H3. The predicted molar refractivity (Wildman–Crippen MR) is 114 cm³/mol. The number of halogens is 1. The molecule has 32 heavy (non-hydrogen) atoms. The number of aromatic nitrogens is 1. The molecule has 1 fully saturated rings. The smallest absolute Gasteiger partial charge is 0.291 e. The molecule has 3 aromatic rings. The van der Waals surface area contributed by atoms with Gasteiger partial charge in [-0.05, 0) is 60.0 Å². The molecule has 1 amide bonds. The van der Waals surface area contributed by atoms with Gasteiger partial charge in [0.15, 0.2) is 5.78 Å². The van der Waals surface area contributed by atoms with Gasteiger partial charge in [0.2, 0.25) is 5.78 Å². The second-order valence-electron chi connectivity index (χ2n) is 7.68. The van der Waals surface area contributed by atoms with Crippen LogP contribution in [0.1, 0.15) is 33.1 Å². The Hall–Kier alpha value is -3.87. The Morgan fingerprint density at radius 1 is 1.12 bits per heavy atom. The number of likely N-dealkylation sites (tertiary alicyclic amines) is 1. The van der Waals surface area contributed by atoms with Crippen molar-refractivity contribution in [1.29, 1.82) is 0 Å². The molecule has 0 N–H and O–H groups in total. The van der Waals surface area contributed by atoms with Gasteiger partial charge < -0.3 is 9.64 Å². The van der Waals surface area contributed by atoms with Crippen molar-refractivity contribution >= 4 is 17.5 Å². The molecule has 0 spiro atoms. The molecule has 1 aliphatic heterocycles. The molecule has 2 atom stereocenters. The molecule has 2 unspecified atom stereocenters. The summed E-state index contributed by atoms with van der Waals surface area (Å²) in [6, 6.07) is 13.1. The molecule has 1 aromatic heterocycles. The van der Waals surface area contributed by atoms with E-state index in [2.05, 4.69) is 4.98 Å². The Labute approximate surface area is 184 Å². The lowest BCUT2D eigenvalue weighted by molar-refractivity contribution is -0.141. The summed E-state index contributed by atoms with van der Waals surface area (Å²) in [4.78, 5) is 45.1. The minimum atomic E-state index is -1.24. The Morgan fingerprint density at radius 3 is 2.50 bits per heavy atom. The lowest BCUT2D eigenvalue weighted by atomic mass is 9.85. The van der Waals surface area contributed by atoms with Gasteiger partial charge in [-0.2, -0.15) is 0 Å². The number of Topliss-reactive ketones (excluding diaryl/α,β-unsaturated/α-hetero) is 2. The van der Waals surface area contributed by atoms with Crippen molar-refractivity contribution in [3.63, 3.8) is 0 Å². The summed E-state index contributed by atoms with van der Waals surface area (Å²) >= 11 is 0. The number of aryl methyl sites for hydroxylation is 1. The van der Waals surface area contributed by atoms with Crippen molar-refractivity contribution in [3.8, 4) is 5.75 Å². The van der Waals surface area contributed by atoms with E-state index < -0.39 is 35.3 Å². The van der Waals surface area contributed by atoms with Gasteiger partial charge in [0.25, 0.3) is 5.91 Å². The van der Waals surface area contributed by atoms with Gasteiger partial charge in [-0.1, -0.05) is 18.2 Å². The number of ketones is 2. The first-order valence-electron chi connectivity index (χ1n) is 10.1. The highest BCUT2D eigenvalue weighted by Crippen LogP contribution is 2.39. The Bertz CT molecular complexity index is 1180. The molecule has 1 aliphatic rings. The fraction of sp³-hybridized carbons (Fsp3) is 0.200. The van der Waals surface area contributed by atoms with Crippen LogP contribution in [0.3, 0.4) is 0 Å². The fourth-order valence-corrected chi connectivity index (χ4v) is 4.08. The SMILES string of the molecule is COc1ccc(C(=O)C2C(=O)C(=O)N(Cc3cccnc3)C2c2ccc(F)cc2)c(C)c1. The molecule has 2 aromatic carbocycles. The highest BCUT2D eigenvalue weighted by Gasteiger charge is 2.51. The number of hydrogen-bond donors (Lipinski definition) is 0. The average molecular weight is 432 g/mol. The molecule has 7 heteroatoms. The number of amides is 1. The van der Waals surface area contributed by atoms with Gasteiger partial charge in [-0.25, -0.2) is 4.39 Å². The summed E-state index contributed by atoms with van der Waals surface area (Å²) in [6.45, 7) is 1.85. The Kier molecular flexibility index (Phi) is 5.81. The maximum absolute atomic E-state index is 13.6. The third kappa shape index (κ3) is 3.89. The van der Waals surface area contributed by atoms with E-state index in [0.717, 1.165) is 5.56 Å². The molecule has 162 valence electrons. The van der Waals surface area contributed by atoms with Crippen molar-refractivity contribution in [1.82, 2.24) is 9.88 Å². The lowest BCUT2D eigenvalue weighted by Crippen LogP contribution is -2.30. The zero-order valence-electron chi connectivity index (χ0n) is 17.6. The van der Waals surface area contributed by atoms with E-state index in [1.807, 2.05) is 0 Å². The van der Waals surface area contributed by atoms with Crippen LogP contribution in [0.2, 0.25) is 0 Å². The topological polar surface area (TPSA) is 76.6 Å². The number of rotatable bonds is 6. The monoisotopic (exact) mass is 432 g/mol. The number of hydrogen-bond acceptors (Lipinski definition) is 5. The summed E-state index contributed by atoms with van der Waals surface area (Å²) in [5, 5.41) is 0. The van der Waals surface area contributed by atoms with E-state index in [4.69, 9.17) is 4.74 Å². The second kappa shape index (κ2) is 8.70. The van der Waals surface area contributed by atoms with Crippen molar-refractivity contribution < 1.29 is 23.5 Å². The molecule has 0 radical (unpaired) electrons. The van der Waals surface area contributed by atoms with Crippen LogP contribution in [0.4, 0.5) is 4.39 Å². The molecule has 0 aliphatic carbocycles. The van der Waals surface area contributed by atoms with Gasteiger partial charge in [-0.3, -0.25) is 19.4 Å². The zero-order chi connectivity index (χ0) is 22.8. The largest absolute Gasteiger partial charge is 0.497 e. The lowest BCUT2D eigenvalue weighted by Gasteiger charge is -2.27. The van der Waals surface area contributed by atoms with Crippen LogP contribution in [0.5, 0.6) is 5.75 Å². The Balaban J connectivity index is 1.78. The quantitative estimate of drug-likeness (QED) is 0.337. The maximum Gasteiger partial charge on any atom is 0.291 e. The number of ether oxygens (including phenoxy) is 1. The van der Waals surface area contributed by atoms with Gasteiger partial charge in [0.1, 0.15) is 17.5 Å². The summed E-state index contributed by atoms with van der Waals surface area (Å²) in [5.74, 6) is -3.07. The number of carbonyl (C=O) groups excluding carboxylic acids is 3. The number of nitrogens with zero attached hydrogens (tertiary/aromatic N) is 2. The number of benzene rings is 2. The van der Waals surface area contributed by atoms with Crippen LogP contribution in [-0.4, -0.2) is 34.5 Å². The summed E-state index contributed by atoms with van der Waals surface area (Å²) in [5.41, 5.74) is 2.21. The fourth-order valence-electron chi connectivity index (χ4n) is 4.08. The van der Waals surface area contributed by atoms with Gasteiger partial charge in [-0.15, -0.1) is 0 Å². The number of methoxy groups -OCH3 is 1. The van der Waals surface area contributed by atoms with Crippen LogP contribution in [-0.2, 0) is 16.1 Å². The molecule has 1 saturated heterocycles. The van der Waals surface area contributed by atoms with E-state index in [1.165, 1.54) is 36.3 Å². The average Bonchev–Trinajstić information content (AvgIpc) is 3.04. The third-order valence-electron chi connectivity index (χ3n) is 5.67. The predicted octanol–water partition coefficient (Wildman–Crippen LogP) is 3.69. The van der Waals surface area contributed by atoms with Crippen molar-refractivity contribution in [2.75, 3.05) is 7.11 Å². The van der Waals surface area contributed by atoms with Gasteiger partial charge >= 0.3 is 0 Å². The highest BCUT2D eigenvalue weighted by atomic mass is 19.1. The minimum Gasteiger partial charge on any atom is -0.497 e. The van der Waals surface area contributed by atoms with Crippen LogP contribution >= 0.6 is 0 Å². The molecule has 0 bridgehead atoms. The van der Waals surface area contributed by atoms with E-state index in [1.54, 1.807) is 49.6 Å². The highest BCUT2D eigenvalue weighted by molar-refractivity contribution is 6.44. The molecular formula is C25H21FN2O4. The number of carbonyl (C=O) groups is 3. The van der Waals surface area contributed by atoms with Gasteiger partial charge in [0.05, 0.1) is 13.2 Å². The van der Waals surface area contributed by atoms with Crippen molar-refractivity contribution in [2.45, 2.75) is 19.5 Å². The summed E-state index contributed by atoms with van der Waals surface area (Å²) in [6.07, 6.45) is 3.21. The first-order chi connectivity index (χ1) is 15.4. The molecular weight excluding hydrogens is 411 g/mol. The minimum absolute atomic E-state index is 0.103. The van der Waals surface area contributed by atoms with Crippen LogP contribution < -0.4 is 4.74 Å². The van der Waals surface area contributed by atoms with E-state index in [-0.39, 0.29) is 6.54 Å². The molecule has 6 nitrogen and oxygen atoms in total. The van der Waals surface area contributed by atoms with E-state index in [0.29, 0.717) is 22.4 Å². The van der Waals surface area contributed by atoms with Crippen molar-refractivity contribution in [2.24, 2.45) is 5.92 Å². The molecule has 2 heterocycles. The summed E-state index contributed by atoms with van der Waals surface area (Å²) < 4.78 is 18.8. The Morgan fingerprint density at radius 2 is 1.88 bits per heavy atom. The first-order valence-corrected chi connectivity index (χ1v) is 10.1. The zero-order valence-corrected chi connectivity index (χ0v) is 17.6. The third-order valence-corrected chi connectivity index (χ3v) is 5.67. The van der Waals surface area contributed by atoms with Crippen molar-refractivity contribution in [3.05, 3.63) is 95.1 Å². The maximum atomic E-state index is 13.6. The first kappa shape index (κ1) is 21.4. The van der Waals surface area contributed by atoms with Crippen LogP contribution in [0.25, 0.3) is 0 Å². The second-order valence-corrected chi connectivity index (χ2v) is 7.68. The van der Waals surface area contributed by atoms with E-state index >= 15 is 0 Å². The normalized spacial score (nSPS) is 18.2. The van der Waals surface area contributed by atoms with Crippen LogP contribution in [0.15, 0.2) is 67.0 Å². The van der Waals surface area contributed by atoms with Gasteiger partial charge in [0, 0.05) is 24.5 Å². The molecule has 0 saturated carbocycles. The van der Waals surface area contributed by atoms with Crippen LogP contribution in [0, 0.1) is 18.7 Å². The van der Waals surface area contributed by atoms with E-state index in [9.17, 15) is 18.8 Å². The molecule has 4 rings (SSSR count). The number of pyridine rings is 1. The summed E-state index contributed by atoms with van der Waals surface area (Å²) in [7, 11) is 1.52.